The standard InChI is InChI=1S/C20H22N4O6S/c1-28-15-10-8-14(9-11-15)20-22-19(30-23-20)12-21-18(25)13-24(31(3,26)27)16-6-4-5-7-17(16)29-2/h4-11H,12-13H2,1-3H3,(H,21,25). The Balaban J connectivity index is 1.66. The lowest BCUT2D eigenvalue weighted by Crippen LogP contribution is -2.40. The maximum absolute atomic E-state index is 12.4. The highest BCUT2D eigenvalue weighted by atomic mass is 32.2. The molecule has 0 aliphatic rings. The van der Waals surface area contributed by atoms with E-state index < -0.39 is 22.5 Å². The molecule has 164 valence electrons. The summed E-state index contributed by atoms with van der Waals surface area (Å²) in [6, 6.07) is 13.6. The Bertz CT molecular complexity index is 1140. The van der Waals surface area contributed by atoms with Gasteiger partial charge in [0.05, 0.1) is 32.7 Å². The minimum Gasteiger partial charge on any atom is -0.497 e. The van der Waals surface area contributed by atoms with Crippen LogP contribution in [0.1, 0.15) is 5.89 Å². The van der Waals surface area contributed by atoms with Gasteiger partial charge >= 0.3 is 0 Å². The smallest absolute Gasteiger partial charge is 0.246 e. The van der Waals surface area contributed by atoms with Crippen LogP contribution in [0.15, 0.2) is 53.1 Å². The number of sulfonamides is 1. The monoisotopic (exact) mass is 446 g/mol. The second-order valence-corrected chi connectivity index (χ2v) is 8.37. The van der Waals surface area contributed by atoms with E-state index in [4.69, 9.17) is 14.0 Å². The molecule has 1 amide bonds. The molecular formula is C20H22N4O6S. The second-order valence-electron chi connectivity index (χ2n) is 6.46. The number of nitrogens with one attached hydrogen (secondary N) is 1. The van der Waals surface area contributed by atoms with Gasteiger partial charge in [0.25, 0.3) is 0 Å². The molecule has 0 saturated heterocycles. The summed E-state index contributed by atoms with van der Waals surface area (Å²) in [6.45, 7) is -0.482. The van der Waals surface area contributed by atoms with Crippen LogP contribution >= 0.6 is 0 Å². The number of nitrogens with zero attached hydrogens (tertiary/aromatic N) is 3. The Hall–Kier alpha value is -3.60. The van der Waals surface area contributed by atoms with Crippen molar-refractivity contribution < 1.29 is 27.2 Å². The summed E-state index contributed by atoms with van der Waals surface area (Å²) < 4.78 is 41.0. The van der Waals surface area contributed by atoms with E-state index in [1.807, 2.05) is 0 Å². The summed E-state index contributed by atoms with van der Waals surface area (Å²) in [7, 11) is -0.737. The van der Waals surface area contributed by atoms with Crippen LogP contribution in [-0.2, 0) is 21.4 Å². The first-order chi connectivity index (χ1) is 14.8. The number of hydrogen-bond donors (Lipinski definition) is 1. The van der Waals surface area contributed by atoms with Gasteiger partial charge in [0, 0.05) is 5.56 Å². The van der Waals surface area contributed by atoms with Gasteiger partial charge in [-0.1, -0.05) is 17.3 Å². The summed E-state index contributed by atoms with van der Waals surface area (Å²) in [5.41, 5.74) is 0.990. The minimum absolute atomic E-state index is 0.0501. The summed E-state index contributed by atoms with van der Waals surface area (Å²) >= 11 is 0. The lowest BCUT2D eigenvalue weighted by atomic mass is 10.2. The number of carbonyl (C=O) groups excluding carboxylic acids is 1. The predicted molar refractivity (Wildman–Crippen MR) is 113 cm³/mol. The normalized spacial score (nSPS) is 11.1. The van der Waals surface area contributed by atoms with E-state index in [-0.39, 0.29) is 18.1 Å². The van der Waals surface area contributed by atoms with Crippen LogP contribution in [0, 0.1) is 0 Å². The summed E-state index contributed by atoms with van der Waals surface area (Å²) in [4.78, 5) is 16.7. The topological polar surface area (TPSA) is 124 Å². The number of amides is 1. The second kappa shape index (κ2) is 9.47. The van der Waals surface area contributed by atoms with Gasteiger partial charge in [-0.25, -0.2) is 8.42 Å². The van der Waals surface area contributed by atoms with Crippen molar-refractivity contribution in [1.29, 1.82) is 0 Å². The number of anilines is 1. The van der Waals surface area contributed by atoms with Gasteiger partial charge in [-0.3, -0.25) is 9.10 Å². The molecule has 0 aliphatic carbocycles. The Morgan fingerprint density at radius 2 is 1.81 bits per heavy atom. The first-order valence-electron chi connectivity index (χ1n) is 9.16. The molecule has 0 saturated carbocycles. The SMILES string of the molecule is COc1ccc(-c2noc(CNC(=O)CN(c3ccccc3OC)S(C)(=O)=O)n2)cc1. The number of aromatic nitrogens is 2. The number of ether oxygens (including phenoxy) is 2. The molecule has 3 aromatic rings. The molecule has 0 atom stereocenters. The highest BCUT2D eigenvalue weighted by Gasteiger charge is 2.24. The van der Waals surface area contributed by atoms with E-state index in [9.17, 15) is 13.2 Å². The van der Waals surface area contributed by atoms with Crippen LogP contribution < -0.4 is 19.1 Å². The molecule has 10 nitrogen and oxygen atoms in total. The van der Waals surface area contributed by atoms with Crippen molar-refractivity contribution in [2.45, 2.75) is 6.54 Å². The molecule has 1 heterocycles. The molecule has 0 unspecified atom stereocenters. The first kappa shape index (κ1) is 22.1. The van der Waals surface area contributed by atoms with Crippen molar-refractivity contribution in [3.8, 4) is 22.9 Å². The van der Waals surface area contributed by atoms with Crippen LogP contribution in [0.3, 0.4) is 0 Å². The summed E-state index contributed by atoms with van der Waals surface area (Å²) in [5.74, 6) is 1.04. The Kier molecular flexibility index (Phi) is 6.75. The number of methoxy groups -OCH3 is 2. The molecule has 0 bridgehead atoms. The number of benzene rings is 2. The largest absolute Gasteiger partial charge is 0.497 e. The first-order valence-corrected chi connectivity index (χ1v) is 11.0. The lowest BCUT2D eigenvalue weighted by Gasteiger charge is -2.23. The van der Waals surface area contributed by atoms with Gasteiger partial charge in [0.1, 0.15) is 18.0 Å². The Morgan fingerprint density at radius 3 is 2.45 bits per heavy atom. The zero-order valence-corrected chi connectivity index (χ0v) is 18.0. The molecule has 0 spiro atoms. The van der Waals surface area contributed by atoms with Crippen molar-refractivity contribution in [1.82, 2.24) is 15.5 Å². The van der Waals surface area contributed by atoms with E-state index in [1.54, 1.807) is 55.6 Å². The summed E-state index contributed by atoms with van der Waals surface area (Å²) in [6.07, 6.45) is 1.02. The van der Waals surface area contributed by atoms with Crippen LogP contribution in [0.5, 0.6) is 11.5 Å². The molecule has 3 rings (SSSR count). The number of hydrogen-bond acceptors (Lipinski definition) is 8. The fourth-order valence-electron chi connectivity index (χ4n) is 2.76. The van der Waals surface area contributed by atoms with Gasteiger partial charge in [-0.15, -0.1) is 0 Å². The van der Waals surface area contributed by atoms with E-state index >= 15 is 0 Å². The fourth-order valence-corrected chi connectivity index (χ4v) is 3.62. The van der Waals surface area contributed by atoms with E-state index in [0.29, 0.717) is 17.3 Å². The minimum atomic E-state index is -3.74. The lowest BCUT2D eigenvalue weighted by molar-refractivity contribution is -0.119. The Labute approximate surface area is 179 Å². The highest BCUT2D eigenvalue weighted by Crippen LogP contribution is 2.29. The van der Waals surface area contributed by atoms with Crippen molar-refractivity contribution >= 4 is 21.6 Å². The molecule has 0 fully saturated rings. The van der Waals surface area contributed by atoms with Crippen LogP contribution in [0.25, 0.3) is 11.4 Å². The van der Waals surface area contributed by atoms with Crippen molar-refractivity contribution in [3.05, 3.63) is 54.4 Å². The number of carbonyl (C=O) groups is 1. The molecule has 1 aromatic heterocycles. The maximum atomic E-state index is 12.4. The third-order valence-electron chi connectivity index (χ3n) is 4.29. The van der Waals surface area contributed by atoms with Crippen molar-refractivity contribution in [3.63, 3.8) is 0 Å². The maximum Gasteiger partial charge on any atom is 0.246 e. The van der Waals surface area contributed by atoms with Gasteiger partial charge in [0.15, 0.2) is 0 Å². The van der Waals surface area contributed by atoms with E-state index in [0.717, 1.165) is 16.1 Å². The van der Waals surface area contributed by atoms with E-state index in [1.165, 1.54) is 7.11 Å². The quantitative estimate of drug-likeness (QED) is 0.528. The van der Waals surface area contributed by atoms with Gasteiger partial charge in [0.2, 0.25) is 27.6 Å². The molecular weight excluding hydrogens is 424 g/mol. The van der Waals surface area contributed by atoms with E-state index in [2.05, 4.69) is 15.5 Å². The predicted octanol–water partition coefficient (Wildman–Crippen LogP) is 1.84. The van der Waals surface area contributed by atoms with Crippen LogP contribution in [0.2, 0.25) is 0 Å². The fraction of sp³-hybridized carbons (Fsp3) is 0.250. The molecule has 31 heavy (non-hydrogen) atoms. The Morgan fingerprint density at radius 1 is 1.10 bits per heavy atom. The van der Waals surface area contributed by atoms with Crippen molar-refractivity contribution in [2.24, 2.45) is 0 Å². The van der Waals surface area contributed by atoms with Crippen LogP contribution in [-0.4, -0.2) is 51.5 Å². The third kappa shape index (κ3) is 5.51. The highest BCUT2D eigenvalue weighted by molar-refractivity contribution is 7.92. The zero-order valence-electron chi connectivity index (χ0n) is 17.2. The van der Waals surface area contributed by atoms with Crippen molar-refractivity contribution in [2.75, 3.05) is 31.3 Å². The average molecular weight is 446 g/mol. The van der Waals surface area contributed by atoms with Gasteiger partial charge in [-0.05, 0) is 36.4 Å². The molecule has 11 heteroatoms. The molecule has 2 aromatic carbocycles. The molecule has 1 N–H and O–H groups in total. The number of rotatable bonds is 9. The zero-order chi connectivity index (χ0) is 22.4. The molecule has 0 aliphatic heterocycles. The summed E-state index contributed by atoms with van der Waals surface area (Å²) in [5, 5.41) is 6.48. The number of para-hydroxylation sites is 2. The van der Waals surface area contributed by atoms with Crippen LogP contribution in [0.4, 0.5) is 5.69 Å². The molecule has 0 radical (unpaired) electrons. The van der Waals surface area contributed by atoms with Gasteiger partial charge in [-0.2, -0.15) is 4.98 Å². The third-order valence-corrected chi connectivity index (χ3v) is 5.42. The van der Waals surface area contributed by atoms with Gasteiger partial charge < -0.3 is 19.3 Å². The average Bonchev–Trinajstić information content (AvgIpc) is 3.24.